The monoisotopic (exact) mass is 268 g/mol. The Hall–Kier alpha value is -0.520. The van der Waals surface area contributed by atoms with Crippen molar-refractivity contribution >= 4 is 38.9 Å². The first-order chi connectivity index (χ1) is 6.85. The van der Waals surface area contributed by atoms with Gasteiger partial charge >= 0.3 is 0 Å². The number of sulfonamides is 1. The first-order valence-corrected chi connectivity index (χ1v) is 6.59. The molecule has 0 aliphatic rings. The van der Waals surface area contributed by atoms with Gasteiger partial charge < -0.3 is 0 Å². The highest BCUT2D eigenvalue weighted by Gasteiger charge is 2.13. The van der Waals surface area contributed by atoms with Crippen LogP contribution in [-0.2, 0) is 10.0 Å². The van der Waals surface area contributed by atoms with Gasteiger partial charge in [0.1, 0.15) is 5.15 Å². The lowest BCUT2D eigenvalue weighted by atomic mass is 10.3. The SMILES string of the molecule is CCS(=O)(=O)Nc1c(C)cc(Cl)nc1Cl. The third kappa shape index (κ3) is 3.22. The molecule has 0 bridgehead atoms. The smallest absolute Gasteiger partial charge is 0.232 e. The van der Waals surface area contributed by atoms with Crippen molar-refractivity contribution in [3.8, 4) is 0 Å². The van der Waals surface area contributed by atoms with Crippen molar-refractivity contribution in [2.24, 2.45) is 0 Å². The maximum Gasteiger partial charge on any atom is 0.232 e. The van der Waals surface area contributed by atoms with E-state index in [9.17, 15) is 8.42 Å². The molecule has 15 heavy (non-hydrogen) atoms. The molecule has 0 aromatic carbocycles. The normalized spacial score (nSPS) is 11.5. The summed E-state index contributed by atoms with van der Waals surface area (Å²) in [6.07, 6.45) is 0. The van der Waals surface area contributed by atoms with Crippen LogP contribution in [0.5, 0.6) is 0 Å². The van der Waals surface area contributed by atoms with Crippen molar-refractivity contribution in [3.63, 3.8) is 0 Å². The highest BCUT2D eigenvalue weighted by molar-refractivity contribution is 7.92. The molecular formula is C8H10Cl2N2O2S. The number of anilines is 1. The minimum atomic E-state index is -3.35. The van der Waals surface area contributed by atoms with Crippen LogP contribution in [0.1, 0.15) is 12.5 Å². The third-order valence-corrected chi connectivity index (χ3v) is 3.52. The summed E-state index contributed by atoms with van der Waals surface area (Å²) >= 11 is 11.4. The fourth-order valence-electron chi connectivity index (χ4n) is 0.946. The molecule has 0 fully saturated rings. The van der Waals surface area contributed by atoms with Gasteiger partial charge in [0.15, 0.2) is 5.15 Å². The zero-order valence-corrected chi connectivity index (χ0v) is 10.5. The zero-order chi connectivity index (χ0) is 11.6. The van der Waals surface area contributed by atoms with E-state index in [1.165, 1.54) is 6.92 Å². The van der Waals surface area contributed by atoms with Gasteiger partial charge in [0.05, 0.1) is 11.4 Å². The second kappa shape index (κ2) is 4.55. The second-order valence-electron chi connectivity index (χ2n) is 2.93. The Morgan fingerprint density at radius 3 is 2.53 bits per heavy atom. The summed E-state index contributed by atoms with van der Waals surface area (Å²) in [6, 6.07) is 1.54. The standard InChI is InChI=1S/C8H10Cl2N2O2S/c1-3-15(13,14)12-7-5(2)4-6(9)11-8(7)10/h4,12H,3H2,1-2H3. The molecule has 0 aliphatic heterocycles. The lowest BCUT2D eigenvalue weighted by Gasteiger charge is -2.10. The van der Waals surface area contributed by atoms with Gasteiger partial charge in [-0.25, -0.2) is 13.4 Å². The Morgan fingerprint density at radius 1 is 1.47 bits per heavy atom. The lowest BCUT2D eigenvalue weighted by Crippen LogP contribution is -2.16. The molecular weight excluding hydrogens is 259 g/mol. The number of nitrogens with zero attached hydrogens (tertiary/aromatic N) is 1. The van der Waals surface area contributed by atoms with Crippen LogP contribution in [0.4, 0.5) is 5.69 Å². The van der Waals surface area contributed by atoms with Gasteiger partial charge in [-0.3, -0.25) is 4.72 Å². The van der Waals surface area contributed by atoms with E-state index in [1.807, 2.05) is 0 Å². The molecule has 0 aliphatic carbocycles. The highest BCUT2D eigenvalue weighted by atomic mass is 35.5. The van der Waals surface area contributed by atoms with E-state index in [1.54, 1.807) is 13.0 Å². The van der Waals surface area contributed by atoms with E-state index in [0.717, 1.165) is 0 Å². The molecule has 1 rings (SSSR count). The van der Waals surface area contributed by atoms with Gasteiger partial charge in [0, 0.05) is 0 Å². The number of nitrogens with one attached hydrogen (secondary N) is 1. The summed E-state index contributed by atoms with van der Waals surface area (Å²) < 4.78 is 25.0. The van der Waals surface area contributed by atoms with Gasteiger partial charge in [-0.05, 0) is 25.5 Å². The van der Waals surface area contributed by atoms with Crippen LogP contribution < -0.4 is 4.72 Å². The maximum atomic E-state index is 11.3. The molecule has 1 heterocycles. The van der Waals surface area contributed by atoms with Crippen molar-refractivity contribution in [3.05, 3.63) is 21.9 Å². The van der Waals surface area contributed by atoms with E-state index < -0.39 is 10.0 Å². The van der Waals surface area contributed by atoms with Gasteiger partial charge in [0.25, 0.3) is 0 Å². The number of hydrogen-bond donors (Lipinski definition) is 1. The Balaban J connectivity index is 3.17. The van der Waals surface area contributed by atoms with E-state index in [2.05, 4.69) is 9.71 Å². The predicted molar refractivity (Wildman–Crippen MR) is 62.1 cm³/mol. The summed E-state index contributed by atoms with van der Waals surface area (Å²) in [5.41, 5.74) is 0.917. The van der Waals surface area contributed by atoms with E-state index >= 15 is 0 Å². The van der Waals surface area contributed by atoms with Crippen LogP contribution in [-0.4, -0.2) is 19.2 Å². The number of aromatic nitrogens is 1. The van der Waals surface area contributed by atoms with Crippen LogP contribution in [0.3, 0.4) is 0 Å². The fourth-order valence-corrected chi connectivity index (χ4v) is 2.29. The number of rotatable bonds is 3. The summed E-state index contributed by atoms with van der Waals surface area (Å²) in [5.74, 6) is -0.0224. The molecule has 7 heteroatoms. The van der Waals surface area contributed by atoms with Crippen LogP contribution in [0, 0.1) is 6.92 Å². The van der Waals surface area contributed by atoms with Crippen LogP contribution in [0.15, 0.2) is 6.07 Å². The minimum Gasteiger partial charge on any atom is -0.280 e. The van der Waals surface area contributed by atoms with Crippen molar-refractivity contribution < 1.29 is 8.42 Å². The molecule has 4 nitrogen and oxygen atoms in total. The van der Waals surface area contributed by atoms with E-state index in [0.29, 0.717) is 5.56 Å². The average Bonchev–Trinajstić information content (AvgIpc) is 2.11. The molecule has 84 valence electrons. The minimum absolute atomic E-state index is 0.0224. The predicted octanol–water partition coefficient (Wildman–Crippen LogP) is 2.46. The van der Waals surface area contributed by atoms with Crippen molar-refractivity contribution in [2.75, 3.05) is 10.5 Å². The molecule has 1 aromatic rings. The van der Waals surface area contributed by atoms with Crippen LogP contribution in [0.25, 0.3) is 0 Å². The van der Waals surface area contributed by atoms with Gasteiger partial charge in [0.2, 0.25) is 10.0 Å². The zero-order valence-electron chi connectivity index (χ0n) is 8.21. The van der Waals surface area contributed by atoms with Crippen molar-refractivity contribution in [1.29, 1.82) is 0 Å². The average molecular weight is 269 g/mol. The molecule has 1 N–H and O–H groups in total. The van der Waals surface area contributed by atoms with Crippen molar-refractivity contribution in [1.82, 2.24) is 4.98 Å². The quantitative estimate of drug-likeness (QED) is 0.857. The van der Waals surface area contributed by atoms with Crippen molar-refractivity contribution in [2.45, 2.75) is 13.8 Å². The number of halogens is 2. The maximum absolute atomic E-state index is 11.3. The molecule has 0 spiro atoms. The van der Waals surface area contributed by atoms with E-state index in [4.69, 9.17) is 23.2 Å². The second-order valence-corrected chi connectivity index (χ2v) is 5.69. The molecule has 0 saturated carbocycles. The Morgan fingerprint density at radius 2 is 2.07 bits per heavy atom. The lowest BCUT2D eigenvalue weighted by molar-refractivity contribution is 0.602. The molecule has 0 unspecified atom stereocenters. The first kappa shape index (κ1) is 12.5. The summed E-state index contributed by atoms with van der Waals surface area (Å²) in [7, 11) is -3.35. The number of aryl methyl sites for hydroxylation is 1. The summed E-state index contributed by atoms with van der Waals surface area (Å²) in [6.45, 7) is 3.24. The Labute approximate surface area is 98.7 Å². The topological polar surface area (TPSA) is 59.1 Å². The number of pyridine rings is 1. The molecule has 0 atom stereocenters. The van der Waals surface area contributed by atoms with Crippen LogP contribution in [0.2, 0.25) is 10.3 Å². The van der Waals surface area contributed by atoms with Gasteiger partial charge in [-0.15, -0.1) is 0 Å². The molecule has 0 amide bonds. The molecule has 0 saturated heterocycles. The summed E-state index contributed by atoms with van der Waals surface area (Å²) in [4.78, 5) is 3.76. The summed E-state index contributed by atoms with van der Waals surface area (Å²) in [5, 5.41) is 0.286. The van der Waals surface area contributed by atoms with Gasteiger partial charge in [-0.1, -0.05) is 23.2 Å². The molecule has 0 radical (unpaired) electrons. The Kier molecular flexibility index (Phi) is 3.81. The molecule has 1 aromatic heterocycles. The fraction of sp³-hybridized carbons (Fsp3) is 0.375. The van der Waals surface area contributed by atoms with E-state index in [-0.39, 0.29) is 21.7 Å². The van der Waals surface area contributed by atoms with Gasteiger partial charge in [-0.2, -0.15) is 0 Å². The first-order valence-electron chi connectivity index (χ1n) is 4.19. The van der Waals surface area contributed by atoms with Crippen LogP contribution >= 0.6 is 23.2 Å². The highest BCUT2D eigenvalue weighted by Crippen LogP contribution is 2.27. The third-order valence-electron chi connectivity index (χ3n) is 1.78. The number of hydrogen-bond acceptors (Lipinski definition) is 3. The largest absolute Gasteiger partial charge is 0.280 e. The Bertz CT molecular complexity index is 451.